The Hall–Kier alpha value is -1.65. The number of anilines is 1. The van der Waals surface area contributed by atoms with Gasteiger partial charge in [-0.3, -0.25) is 14.3 Å². The highest BCUT2D eigenvalue weighted by Gasteiger charge is 2.31. The summed E-state index contributed by atoms with van der Waals surface area (Å²) in [5, 5.41) is 3.90. The van der Waals surface area contributed by atoms with Crippen LogP contribution in [0.5, 0.6) is 0 Å². The maximum Gasteiger partial charge on any atom is 0.235 e. The van der Waals surface area contributed by atoms with Crippen LogP contribution in [-0.4, -0.2) is 21.6 Å². The Kier molecular flexibility index (Phi) is 1.65. The lowest BCUT2D eigenvalue weighted by Gasteiger charge is -2.12. The lowest BCUT2D eigenvalue weighted by atomic mass is 10.4. The monoisotopic (exact) mass is 179 g/mol. The molecule has 2 amide bonds. The molecule has 2 rings (SSSR count). The van der Waals surface area contributed by atoms with Crippen LogP contribution in [0.2, 0.25) is 0 Å². The van der Waals surface area contributed by atoms with Crippen LogP contribution in [0.3, 0.4) is 0 Å². The molecule has 1 aliphatic rings. The molecule has 2 heterocycles. The Balaban J connectivity index is 2.40. The molecule has 0 N–H and O–H groups in total. The quantitative estimate of drug-likeness (QED) is 0.573. The molecule has 0 aliphatic carbocycles. The predicted octanol–water partition coefficient (Wildman–Crippen LogP) is 0.0735. The van der Waals surface area contributed by atoms with Gasteiger partial charge in [-0.25, -0.2) is 4.90 Å². The second-order valence-corrected chi connectivity index (χ2v) is 2.94. The molecule has 0 bridgehead atoms. The van der Waals surface area contributed by atoms with Gasteiger partial charge >= 0.3 is 0 Å². The summed E-state index contributed by atoms with van der Waals surface area (Å²) in [6.07, 6.45) is 2.18. The van der Waals surface area contributed by atoms with Crippen molar-refractivity contribution in [3.63, 3.8) is 0 Å². The first-order valence-corrected chi connectivity index (χ1v) is 4.04. The number of hydrogen-bond donors (Lipinski definition) is 0. The number of hydrogen-bond acceptors (Lipinski definition) is 3. The van der Waals surface area contributed by atoms with Crippen molar-refractivity contribution in [3.05, 3.63) is 12.3 Å². The summed E-state index contributed by atoms with van der Waals surface area (Å²) in [4.78, 5) is 23.8. The molecule has 1 aliphatic heterocycles. The van der Waals surface area contributed by atoms with E-state index in [0.717, 1.165) is 0 Å². The minimum absolute atomic E-state index is 0.145. The van der Waals surface area contributed by atoms with Crippen LogP contribution < -0.4 is 4.90 Å². The molecule has 1 saturated heterocycles. The highest BCUT2D eigenvalue weighted by atomic mass is 16.2. The largest absolute Gasteiger partial charge is 0.274 e. The van der Waals surface area contributed by atoms with Gasteiger partial charge in [-0.05, 0) is 0 Å². The van der Waals surface area contributed by atoms with Crippen molar-refractivity contribution >= 4 is 17.6 Å². The van der Waals surface area contributed by atoms with Crippen LogP contribution in [0, 0.1) is 0 Å². The van der Waals surface area contributed by atoms with E-state index in [1.54, 1.807) is 19.3 Å². The normalized spacial score (nSPS) is 17.2. The van der Waals surface area contributed by atoms with Gasteiger partial charge in [-0.2, -0.15) is 5.10 Å². The van der Waals surface area contributed by atoms with Gasteiger partial charge in [0, 0.05) is 26.0 Å². The lowest BCUT2D eigenvalue weighted by molar-refractivity contribution is -0.121. The van der Waals surface area contributed by atoms with E-state index < -0.39 is 0 Å². The van der Waals surface area contributed by atoms with E-state index in [9.17, 15) is 9.59 Å². The molecule has 0 saturated carbocycles. The first-order valence-electron chi connectivity index (χ1n) is 4.04. The van der Waals surface area contributed by atoms with E-state index in [0.29, 0.717) is 18.7 Å². The predicted molar refractivity (Wildman–Crippen MR) is 44.9 cm³/mol. The lowest BCUT2D eigenvalue weighted by Crippen LogP contribution is -2.30. The number of aryl methyl sites for hydroxylation is 1. The fourth-order valence-electron chi connectivity index (χ4n) is 1.42. The number of aromatic nitrogens is 2. The standard InChI is InChI=1S/C8H9N3O2/c1-10-6(4-5-9-10)11-7(12)2-3-8(11)13/h4-5H,2-3H2,1H3. The van der Waals surface area contributed by atoms with Gasteiger partial charge in [0.05, 0.1) is 6.20 Å². The maximum absolute atomic E-state index is 11.3. The average molecular weight is 179 g/mol. The number of nitrogens with zero attached hydrogens (tertiary/aromatic N) is 3. The minimum atomic E-state index is -0.145. The van der Waals surface area contributed by atoms with Gasteiger partial charge < -0.3 is 0 Å². The molecule has 0 aromatic carbocycles. The van der Waals surface area contributed by atoms with E-state index in [1.165, 1.54) is 9.58 Å². The summed E-state index contributed by atoms with van der Waals surface area (Å²) in [5.74, 6) is 0.259. The van der Waals surface area contributed by atoms with Gasteiger partial charge in [0.2, 0.25) is 11.8 Å². The highest BCUT2D eigenvalue weighted by Crippen LogP contribution is 2.20. The Bertz CT molecular complexity index is 353. The van der Waals surface area contributed by atoms with E-state index in [2.05, 4.69) is 5.10 Å². The van der Waals surface area contributed by atoms with Crippen molar-refractivity contribution in [2.45, 2.75) is 12.8 Å². The van der Waals surface area contributed by atoms with Crippen LogP contribution in [-0.2, 0) is 16.6 Å². The molecular weight excluding hydrogens is 170 g/mol. The van der Waals surface area contributed by atoms with Crippen LogP contribution in [0.4, 0.5) is 5.82 Å². The van der Waals surface area contributed by atoms with Gasteiger partial charge in [-0.1, -0.05) is 0 Å². The SMILES string of the molecule is Cn1nccc1N1C(=O)CCC1=O. The molecule has 0 atom stereocenters. The Labute approximate surface area is 74.9 Å². The summed E-state index contributed by atoms with van der Waals surface area (Å²) < 4.78 is 1.52. The van der Waals surface area contributed by atoms with Crippen LogP contribution in [0.25, 0.3) is 0 Å². The zero-order chi connectivity index (χ0) is 9.42. The van der Waals surface area contributed by atoms with Crippen LogP contribution >= 0.6 is 0 Å². The summed E-state index contributed by atoms with van der Waals surface area (Å²) in [7, 11) is 1.70. The third kappa shape index (κ3) is 1.12. The highest BCUT2D eigenvalue weighted by molar-refractivity contribution is 6.19. The topological polar surface area (TPSA) is 55.2 Å². The summed E-state index contributed by atoms with van der Waals surface area (Å²) >= 11 is 0. The molecule has 5 nitrogen and oxygen atoms in total. The zero-order valence-electron chi connectivity index (χ0n) is 7.23. The Morgan fingerprint density at radius 3 is 2.38 bits per heavy atom. The number of amides is 2. The third-order valence-corrected chi connectivity index (χ3v) is 2.08. The fourth-order valence-corrected chi connectivity index (χ4v) is 1.42. The van der Waals surface area contributed by atoms with Crippen molar-refractivity contribution in [2.24, 2.45) is 7.05 Å². The molecule has 68 valence electrons. The molecular formula is C8H9N3O2. The average Bonchev–Trinajstić information content (AvgIpc) is 2.60. The molecule has 1 aromatic heterocycles. The molecule has 0 unspecified atom stereocenters. The smallest absolute Gasteiger partial charge is 0.235 e. The minimum Gasteiger partial charge on any atom is -0.274 e. The molecule has 1 aromatic rings. The molecule has 0 spiro atoms. The maximum atomic E-state index is 11.3. The van der Waals surface area contributed by atoms with Gasteiger partial charge in [0.15, 0.2) is 0 Å². The molecule has 0 radical (unpaired) electrons. The zero-order valence-corrected chi connectivity index (χ0v) is 7.23. The fraction of sp³-hybridized carbons (Fsp3) is 0.375. The summed E-state index contributed by atoms with van der Waals surface area (Å²) in [6.45, 7) is 0. The molecule has 1 fully saturated rings. The van der Waals surface area contributed by atoms with E-state index in [4.69, 9.17) is 0 Å². The van der Waals surface area contributed by atoms with Gasteiger partial charge in [0.25, 0.3) is 0 Å². The second kappa shape index (κ2) is 2.69. The van der Waals surface area contributed by atoms with Gasteiger partial charge in [0.1, 0.15) is 5.82 Å². The first kappa shape index (κ1) is 7.97. The van der Waals surface area contributed by atoms with E-state index in [1.807, 2.05) is 0 Å². The Morgan fingerprint density at radius 1 is 1.31 bits per heavy atom. The summed E-state index contributed by atoms with van der Waals surface area (Å²) in [5.41, 5.74) is 0. The molecule has 13 heavy (non-hydrogen) atoms. The number of rotatable bonds is 1. The van der Waals surface area contributed by atoms with Crippen molar-refractivity contribution in [1.82, 2.24) is 9.78 Å². The number of carbonyl (C=O) groups is 2. The molecule has 5 heteroatoms. The van der Waals surface area contributed by atoms with Crippen molar-refractivity contribution in [1.29, 1.82) is 0 Å². The number of imide groups is 1. The number of carbonyl (C=O) groups excluding carboxylic acids is 2. The van der Waals surface area contributed by atoms with Crippen molar-refractivity contribution < 1.29 is 9.59 Å². The van der Waals surface area contributed by atoms with E-state index >= 15 is 0 Å². The second-order valence-electron chi connectivity index (χ2n) is 2.94. The van der Waals surface area contributed by atoms with Crippen LogP contribution in [0.15, 0.2) is 12.3 Å². The van der Waals surface area contributed by atoms with Crippen molar-refractivity contribution in [3.8, 4) is 0 Å². The Morgan fingerprint density at radius 2 is 1.92 bits per heavy atom. The van der Waals surface area contributed by atoms with E-state index in [-0.39, 0.29) is 11.8 Å². The first-order chi connectivity index (χ1) is 6.20. The summed E-state index contributed by atoms with van der Waals surface area (Å²) in [6, 6.07) is 1.65. The third-order valence-electron chi connectivity index (χ3n) is 2.08. The van der Waals surface area contributed by atoms with Crippen LogP contribution in [0.1, 0.15) is 12.8 Å². The van der Waals surface area contributed by atoms with Gasteiger partial charge in [-0.15, -0.1) is 0 Å². The van der Waals surface area contributed by atoms with Crippen molar-refractivity contribution in [2.75, 3.05) is 4.90 Å².